The van der Waals surface area contributed by atoms with E-state index in [0.717, 1.165) is 0 Å². The zero-order valence-electron chi connectivity index (χ0n) is 5.26. The average molecular weight is 185 g/mol. The molecular weight excluding hydrogens is 178 g/mol. The van der Waals surface area contributed by atoms with Gasteiger partial charge in [0.2, 0.25) is 0 Å². The highest BCUT2D eigenvalue weighted by atomic mass is 32.2. The van der Waals surface area contributed by atoms with Crippen molar-refractivity contribution in [3.63, 3.8) is 0 Å². The molecule has 0 spiro atoms. The third-order valence-electron chi connectivity index (χ3n) is 0.831. The fourth-order valence-corrected chi connectivity index (χ4v) is 1.01. The lowest BCUT2D eigenvalue weighted by Gasteiger charge is -2.06. The van der Waals surface area contributed by atoms with Gasteiger partial charge in [0.25, 0.3) is 10.1 Å². The Balaban J connectivity index is 4.22. The molecule has 8 heteroatoms. The molecule has 0 aliphatic carbocycles. The first-order valence-electron chi connectivity index (χ1n) is 2.44. The van der Waals surface area contributed by atoms with Gasteiger partial charge in [-0.25, -0.2) is 0 Å². The van der Waals surface area contributed by atoms with E-state index in [-0.39, 0.29) is 0 Å². The monoisotopic (exact) mass is 185 g/mol. The van der Waals surface area contributed by atoms with E-state index in [1.807, 2.05) is 0 Å². The minimum atomic E-state index is -4.38. The van der Waals surface area contributed by atoms with Gasteiger partial charge < -0.3 is 10.3 Å². The number of carboxylic acid groups (broad SMARTS) is 1. The fraction of sp³-hybridized carbons (Fsp3) is 0.667. The standard InChI is InChI=1S/C3H7NO6S/c5-3(6)2(4-7)1-11(8,9)10/h2,4,7H,1H2,(H,5,6)(H,8,9,10)/t2-/m0/s1. The largest absolute Gasteiger partial charge is 0.480 e. The summed E-state index contributed by atoms with van der Waals surface area (Å²) in [6, 6.07) is -1.70. The van der Waals surface area contributed by atoms with Crippen molar-refractivity contribution in [2.75, 3.05) is 5.75 Å². The summed E-state index contributed by atoms with van der Waals surface area (Å²) >= 11 is 0. The molecule has 4 N–H and O–H groups in total. The fourth-order valence-electron chi connectivity index (χ4n) is 0.374. The van der Waals surface area contributed by atoms with Crippen LogP contribution in [-0.2, 0) is 14.9 Å². The Morgan fingerprint density at radius 1 is 1.55 bits per heavy atom. The summed E-state index contributed by atoms with van der Waals surface area (Å²) in [6.07, 6.45) is 0. The van der Waals surface area contributed by atoms with E-state index in [2.05, 4.69) is 0 Å². The van der Waals surface area contributed by atoms with Crippen molar-refractivity contribution in [1.29, 1.82) is 0 Å². The molecular formula is C3H7NO6S. The Morgan fingerprint density at radius 2 is 2.00 bits per heavy atom. The third kappa shape index (κ3) is 4.67. The number of carboxylic acids is 1. The predicted octanol–water partition coefficient (Wildman–Crippen LogP) is -1.69. The highest BCUT2D eigenvalue weighted by molar-refractivity contribution is 7.85. The van der Waals surface area contributed by atoms with Gasteiger partial charge in [-0.3, -0.25) is 9.35 Å². The van der Waals surface area contributed by atoms with Crippen LogP contribution in [0.2, 0.25) is 0 Å². The molecule has 0 radical (unpaired) electrons. The van der Waals surface area contributed by atoms with E-state index in [4.69, 9.17) is 14.9 Å². The van der Waals surface area contributed by atoms with E-state index < -0.39 is 27.9 Å². The molecule has 0 aliphatic heterocycles. The van der Waals surface area contributed by atoms with Crippen LogP contribution in [0, 0.1) is 0 Å². The van der Waals surface area contributed by atoms with Crippen LogP contribution in [0.1, 0.15) is 0 Å². The second-order valence-corrected chi connectivity index (χ2v) is 3.27. The molecule has 0 aliphatic rings. The quantitative estimate of drug-likeness (QED) is 0.304. The lowest BCUT2D eigenvalue weighted by molar-refractivity contribution is -0.141. The summed E-state index contributed by atoms with van der Waals surface area (Å²) in [5.74, 6) is -2.64. The summed E-state index contributed by atoms with van der Waals surface area (Å²) in [7, 11) is -4.38. The molecule has 0 fully saturated rings. The van der Waals surface area contributed by atoms with Crippen molar-refractivity contribution in [3.8, 4) is 0 Å². The number of carbonyl (C=O) groups is 1. The van der Waals surface area contributed by atoms with Crippen LogP contribution in [0.5, 0.6) is 0 Å². The highest BCUT2D eigenvalue weighted by Gasteiger charge is 2.22. The lowest BCUT2D eigenvalue weighted by Crippen LogP contribution is -2.40. The van der Waals surface area contributed by atoms with Crippen LogP contribution >= 0.6 is 0 Å². The molecule has 1 atom stereocenters. The van der Waals surface area contributed by atoms with E-state index in [1.54, 1.807) is 0 Å². The summed E-state index contributed by atoms with van der Waals surface area (Å²) < 4.78 is 28.2. The molecule has 0 unspecified atom stereocenters. The van der Waals surface area contributed by atoms with Gasteiger partial charge in [0.1, 0.15) is 11.8 Å². The molecule has 0 saturated carbocycles. The molecule has 0 saturated heterocycles. The molecule has 0 amide bonds. The zero-order valence-corrected chi connectivity index (χ0v) is 6.08. The zero-order chi connectivity index (χ0) is 9.07. The van der Waals surface area contributed by atoms with Gasteiger partial charge in [-0.05, 0) is 0 Å². The molecule has 11 heavy (non-hydrogen) atoms. The molecule has 0 aromatic heterocycles. The second-order valence-electron chi connectivity index (χ2n) is 1.77. The molecule has 0 aromatic rings. The molecule has 0 aromatic carbocycles. The van der Waals surface area contributed by atoms with Crippen LogP contribution < -0.4 is 5.48 Å². The van der Waals surface area contributed by atoms with Crippen molar-refractivity contribution in [1.82, 2.24) is 5.48 Å². The Labute approximate surface area is 62.4 Å². The van der Waals surface area contributed by atoms with E-state index in [1.165, 1.54) is 5.48 Å². The number of hydrogen-bond acceptors (Lipinski definition) is 5. The normalized spacial score (nSPS) is 14.4. The maximum atomic E-state index is 10.0. The molecule has 0 bridgehead atoms. The maximum absolute atomic E-state index is 10.0. The number of rotatable bonds is 4. The Morgan fingerprint density at radius 3 is 2.09 bits per heavy atom. The Hall–Kier alpha value is -0.700. The highest BCUT2D eigenvalue weighted by Crippen LogP contribution is 1.89. The van der Waals surface area contributed by atoms with Crippen LogP contribution in [0.4, 0.5) is 0 Å². The summed E-state index contributed by atoms with van der Waals surface area (Å²) in [5.41, 5.74) is 1.22. The van der Waals surface area contributed by atoms with Crippen LogP contribution in [0.25, 0.3) is 0 Å². The maximum Gasteiger partial charge on any atom is 0.324 e. The minimum Gasteiger partial charge on any atom is -0.480 e. The summed E-state index contributed by atoms with van der Waals surface area (Å²) in [4.78, 5) is 10.0. The van der Waals surface area contributed by atoms with Crippen molar-refractivity contribution < 1.29 is 28.1 Å². The van der Waals surface area contributed by atoms with Gasteiger partial charge in [-0.2, -0.15) is 13.9 Å². The third-order valence-corrected chi connectivity index (χ3v) is 1.59. The average Bonchev–Trinajstić information content (AvgIpc) is 1.80. The second kappa shape index (κ2) is 3.62. The van der Waals surface area contributed by atoms with Gasteiger partial charge in [-0.15, -0.1) is 0 Å². The Bertz CT molecular complexity index is 232. The number of hydrogen-bond donors (Lipinski definition) is 4. The van der Waals surface area contributed by atoms with Crippen LogP contribution in [-0.4, -0.2) is 41.0 Å². The first-order valence-corrected chi connectivity index (χ1v) is 4.05. The van der Waals surface area contributed by atoms with Crippen LogP contribution in [0.15, 0.2) is 0 Å². The predicted molar refractivity (Wildman–Crippen MR) is 32.8 cm³/mol. The minimum absolute atomic E-state index is 1.07. The first kappa shape index (κ1) is 10.3. The molecule has 0 rings (SSSR count). The van der Waals surface area contributed by atoms with Crippen molar-refractivity contribution in [3.05, 3.63) is 0 Å². The number of aliphatic carboxylic acids is 1. The van der Waals surface area contributed by atoms with Gasteiger partial charge in [0.05, 0.1) is 0 Å². The number of hydroxylamine groups is 1. The topological polar surface area (TPSA) is 124 Å². The summed E-state index contributed by atoms with van der Waals surface area (Å²) in [5, 5.41) is 16.2. The summed E-state index contributed by atoms with van der Waals surface area (Å²) in [6.45, 7) is 0. The van der Waals surface area contributed by atoms with Gasteiger partial charge in [-0.1, -0.05) is 0 Å². The van der Waals surface area contributed by atoms with E-state index >= 15 is 0 Å². The van der Waals surface area contributed by atoms with E-state index in [0.29, 0.717) is 0 Å². The van der Waals surface area contributed by atoms with Crippen molar-refractivity contribution in [2.24, 2.45) is 0 Å². The van der Waals surface area contributed by atoms with Gasteiger partial charge in [0.15, 0.2) is 0 Å². The molecule has 0 heterocycles. The Kier molecular flexibility index (Phi) is 3.39. The molecule has 66 valence electrons. The number of nitrogens with one attached hydrogen (secondary N) is 1. The van der Waals surface area contributed by atoms with E-state index in [9.17, 15) is 13.2 Å². The smallest absolute Gasteiger partial charge is 0.324 e. The molecule has 7 nitrogen and oxygen atoms in total. The van der Waals surface area contributed by atoms with Crippen LogP contribution in [0.3, 0.4) is 0 Å². The first-order chi connectivity index (χ1) is 4.87. The van der Waals surface area contributed by atoms with Gasteiger partial charge in [0, 0.05) is 0 Å². The lowest BCUT2D eigenvalue weighted by atomic mass is 10.4. The van der Waals surface area contributed by atoms with Crippen molar-refractivity contribution >= 4 is 16.1 Å². The van der Waals surface area contributed by atoms with Gasteiger partial charge >= 0.3 is 5.97 Å². The SMILES string of the molecule is O=C(O)[C@H](CS(=O)(=O)O)NO. The van der Waals surface area contributed by atoms with Crippen molar-refractivity contribution in [2.45, 2.75) is 6.04 Å².